The van der Waals surface area contributed by atoms with E-state index in [1.165, 1.54) is 17.7 Å². The highest BCUT2D eigenvalue weighted by Crippen LogP contribution is 2.52. The molecule has 3 fully saturated rings. The summed E-state index contributed by atoms with van der Waals surface area (Å²) in [6.45, 7) is 0.725. The van der Waals surface area contributed by atoms with E-state index in [0.717, 1.165) is 19.3 Å². The van der Waals surface area contributed by atoms with Crippen LogP contribution in [-0.4, -0.2) is 41.8 Å². The average molecular weight is 316 g/mol. The van der Waals surface area contributed by atoms with Crippen LogP contribution in [-0.2, 0) is 9.59 Å². The molecule has 0 aromatic rings. The van der Waals surface area contributed by atoms with Crippen LogP contribution in [0.25, 0.3) is 0 Å². The lowest BCUT2D eigenvalue weighted by molar-refractivity contribution is -0.140. The van der Waals surface area contributed by atoms with Crippen LogP contribution in [0.3, 0.4) is 0 Å². The van der Waals surface area contributed by atoms with E-state index >= 15 is 0 Å². The molecule has 2 bridgehead atoms. The van der Waals surface area contributed by atoms with Crippen molar-refractivity contribution in [2.75, 3.05) is 13.1 Å². The third-order valence-corrected chi connectivity index (χ3v) is 5.87. The molecule has 3 aliphatic carbocycles. The van der Waals surface area contributed by atoms with Crippen LogP contribution >= 0.6 is 0 Å². The predicted molar refractivity (Wildman–Crippen MR) is 86.3 cm³/mol. The smallest absolute Gasteiger partial charge is 0.233 e. The fraction of sp³-hybridized carbons (Fsp3) is 0.706. The number of fused-ring (bicyclic) bond motifs is 5. The summed E-state index contributed by atoms with van der Waals surface area (Å²) in [4.78, 5) is 30.7. The Labute approximate surface area is 136 Å². The summed E-state index contributed by atoms with van der Waals surface area (Å²) in [6, 6.07) is 0.426. The highest BCUT2D eigenvalue weighted by atomic mass is 16.2. The predicted octanol–water partition coefficient (Wildman–Crippen LogP) is 0.640. The molecule has 0 radical (unpaired) electrons. The molecule has 2 amide bonds. The van der Waals surface area contributed by atoms with Crippen molar-refractivity contribution in [2.24, 2.45) is 34.4 Å². The number of carbonyl (C=O) groups is 2. The Hall–Kier alpha value is -1.85. The zero-order valence-electron chi connectivity index (χ0n) is 13.3. The van der Waals surface area contributed by atoms with Crippen molar-refractivity contribution in [2.45, 2.75) is 38.1 Å². The number of carbonyl (C=O) groups excluding carboxylic acids is 2. The van der Waals surface area contributed by atoms with Crippen molar-refractivity contribution in [3.8, 4) is 0 Å². The molecule has 4 rings (SSSR count). The van der Waals surface area contributed by atoms with Crippen LogP contribution < -0.4 is 11.1 Å². The van der Waals surface area contributed by atoms with Crippen LogP contribution in [0.1, 0.15) is 32.1 Å². The number of nitrogens with one attached hydrogen (secondary N) is 1. The van der Waals surface area contributed by atoms with E-state index in [0.29, 0.717) is 25.1 Å². The molecule has 0 spiro atoms. The first-order chi connectivity index (χ1) is 11.1. The van der Waals surface area contributed by atoms with Crippen LogP contribution in [0.5, 0.6) is 0 Å². The minimum absolute atomic E-state index is 0.00521. The van der Waals surface area contributed by atoms with Gasteiger partial charge in [-0.1, -0.05) is 25.0 Å². The highest BCUT2D eigenvalue weighted by molar-refractivity contribution is 6.06. The Morgan fingerprint density at radius 3 is 2.39 bits per heavy atom. The second-order valence-electron chi connectivity index (χ2n) is 7.22. The van der Waals surface area contributed by atoms with Gasteiger partial charge < -0.3 is 11.1 Å². The molecule has 1 heterocycles. The number of hydrogen-bond acceptors (Lipinski definition) is 3. The second-order valence-corrected chi connectivity index (χ2v) is 7.22. The van der Waals surface area contributed by atoms with Crippen molar-refractivity contribution >= 4 is 17.8 Å². The summed E-state index contributed by atoms with van der Waals surface area (Å²) in [5.74, 6) is 0.723. The van der Waals surface area contributed by atoms with Crippen molar-refractivity contribution in [3.05, 3.63) is 12.2 Å². The van der Waals surface area contributed by atoms with Crippen molar-refractivity contribution in [3.63, 3.8) is 0 Å². The SMILES string of the molecule is NC(=NCCN1C(=O)C2C3C=CC(C3)C2C1=O)NC1CCCC1. The monoisotopic (exact) mass is 316 g/mol. The number of hydrogen-bond donors (Lipinski definition) is 2. The molecule has 2 saturated carbocycles. The maximum Gasteiger partial charge on any atom is 0.233 e. The molecule has 3 N–H and O–H groups in total. The zero-order valence-corrected chi connectivity index (χ0v) is 13.3. The maximum atomic E-state index is 12.5. The van der Waals surface area contributed by atoms with Gasteiger partial charge in [-0.15, -0.1) is 0 Å². The Morgan fingerprint density at radius 2 is 1.78 bits per heavy atom. The Bertz CT molecular complexity index is 549. The van der Waals surface area contributed by atoms with Crippen molar-refractivity contribution in [1.29, 1.82) is 0 Å². The summed E-state index contributed by atoms with van der Waals surface area (Å²) in [5.41, 5.74) is 5.89. The molecule has 0 aromatic carbocycles. The summed E-state index contributed by atoms with van der Waals surface area (Å²) in [7, 11) is 0. The molecular formula is C17H24N4O2. The first kappa shape index (κ1) is 14.7. The number of likely N-dealkylation sites (tertiary alicyclic amines) is 1. The number of imide groups is 1. The number of nitrogens with two attached hydrogens (primary N) is 1. The summed E-state index contributed by atoms with van der Waals surface area (Å²) < 4.78 is 0. The topological polar surface area (TPSA) is 87.8 Å². The van der Waals surface area contributed by atoms with Crippen molar-refractivity contribution in [1.82, 2.24) is 10.2 Å². The van der Waals surface area contributed by atoms with E-state index in [-0.39, 0.29) is 35.5 Å². The summed E-state index contributed by atoms with van der Waals surface area (Å²) in [5, 5.41) is 3.22. The molecule has 4 unspecified atom stereocenters. The molecule has 4 atom stereocenters. The maximum absolute atomic E-state index is 12.5. The van der Waals surface area contributed by atoms with Crippen LogP contribution in [0.15, 0.2) is 17.1 Å². The van der Waals surface area contributed by atoms with E-state index in [1.54, 1.807) is 0 Å². The normalized spacial score (nSPS) is 36.3. The average Bonchev–Trinajstić information content (AvgIpc) is 3.28. The molecule has 4 aliphatic rings. The van der Waals surface area contributed by atoms with Gasteiger partial charge in [-0.3, -0.25) is 19.5 Å². The third kappa shape index (κ3) is 2.44. The van der Waals surface area contributed by atoms with E-state index in [4.69, 9.17) is 5.73 Å². The zero-order chi connectivity index (χ0) is 16.0. The summed E-state index contributed by atoms with van der Waals surface area (Å²) in [6.07, 6.45) is 9.94. The Kier molecular flexibility index (Phi) is 3.62. The van der Waals surface area contributed by atoms with Gasteiger partial charge in [-0.05, 0) is 31.1 Å². The number of nitrogens with zero attached hydrogens (tertiary/aromatic N) is 2. The molecule has 1 saturated heterocycles. The van der Waals surface area contributed by atoms with Gasteiger partial charge in [0, 0.05) is 12.6 Å². The standard InChI is InChI=1S/C17H24N4O2/c18-17(20-12-3-1-2-4-12)19-7-8-21-15(22)13-10-5-6-11(9-10)14(13)16(21)23/h5-6,10-14H,1-4,7-9H2,(H3,18,19,20). The van der Waals surface area contributed by atoms with Gasteiger partial charge in [0.25, 0.3) is 0 Å². The number of rotatable bonds is 4. The fourth-order valence-corrected chi connectivity index (χ4v) is 4.78. The van der Waals surface area contributed by atoms with Crippen LogP contribution in [0.2, 0.25) is 0 Å². The molecule has 23 heavy (non-hydrogen) atoms. The van der Waals surface area contributed by atoms with E-state index in [1.807, 2.05) is 0 Å². The van der Waals surface area contributed by atoms with Crippen LogP contribution in [0, 0.1) is 23.7 Å². The third-order valence-electron chi connectivity index (χ3n) is 5.87. The van der Waals surface area contributed by atoms with E-state index in [9.17, 15) is 9.59 Å². The first-order valence-corrected chi connectivity index (χ1v) is 8.75. The largest absolute Gasteiger partial charge is 0.370 e. The number of aliphatic imine (C=N–C) groups is 1. The van der Waals surface area contributed by atoms with E-state index in [2.05, 4.69) is 22.5 Å². The number of allylic oxidation sites excluding steroid dienone is 2. The minimum Gasteiger partial charge on any atom is -0.370 e. The van der Waals surface area contributed by atoms with Gasteiger partial charge in [-0.2, -0.15) is 0 Å². The number of amides is 2. The van der Waals surface area contributed by atoms with Crippen LogP contribution in [0.4, 0.5) is 0 Å². The van der Waals surface area contributed by atoms with Gasteiger partial charge in [0.05, 0.1) is 18.4 Å². The molecular weight excluding hydrogens is 292 g/mol. The lowest BCUT2D eigenvalue weighted by Crippen LogP contribution is -2.40. The Balaban J connectivity index is 1.33. The quantitative estimate of drug-likeness (QED) is 0.345. The van der Waals surface area contributed by atoms with Gasteiger partial charge in [0.15, 0.2) is 5.96 Å². The lowest BCUT2D eigenvalue weighted by atomic mass is 9.85. The summed E-state index contributed by atoms with van der Waals surface area (Å²) >= 11 is 0. The van der Waals surface area contributed by atoms with E-state index < -0.39 is 0 Å². The minimum atomic E-state index is -0.115. The number of guanidine groups is 1. The first-order valence-electron chi connectivity index (χ1n) is 8.75. The van der Waals surface area contributed by atoms with Gasteiger partial charge in [0.1, 0.15) is 0 Å². The lowest BCUT2D eigenvalue weighted by Gasteiger charge is -2.16. The molecule has 124 valence electrons. The van der Waals surface area contributed by atoms with Gasteiger partial charge in [0.2, 0.25) is 11.8 Å². The molecule has 6 nitrogen and oxygen atoms in total. The molecule has 6 heteroatoms. The fourth-order valence-electron chi connectivity index (χ4n) is 4.78. The van der Waals surface area contributed by atoms with Gasteiger partial charge >= 0.3 is 0 Å². The second kappa shape index (κ2) is 5.65. The van der Waals surface area contributed by atoms with Crippen molar-refractivity contribution < 1.29 is 9.59 Å². The molecule has 1 aliphatic heterocycles. The molecule has 0 aromatic heterocycles. The van der Waals surface area contributed by atoms with Gasteiger partial charge in [-0.25, -0.2) is 0 Å². The highest BCUT2D eigenvalue weighted by Gasteiger charge is 2.58. The Morgan fingerprint density at radius 1 is 1.17 bits per heavy atom.